The van der Waals surface area contributed by atoms with Gasteiger partial charge in [0.2, 0.25) is 5.91 Å². The van der Waals surface area contributed by atoms with Crippen LogP contribution in [0.3, 0.4) is 0 Å². The first kappa shape index (κ1) is 30.5. The lowest BCUT2D eigenvalue weighted by Gasteiger charge is -2.27. The number of hydrogen-bond acceptors (Lipinski definition) is 6. The molecule has 9 nitrogen and oxygen atoms in total. The number of nitrogens with one attached hydrogen (secondary N) is 2. The summed E-state index contributed by atoms with van der Waals surface area (Å²) in [6.07, 6.45) is 0.0448. The summed E-state index contributed by atoms with van der Waals surface area (Å²) in [5.41, 5.74) is 9.45. The molecule has 1 saturated heterocycles. The van der Waals surface area contributed by atoms with Crippen LogP contribution in [0.4, 0.5) is 14.9 Å². The molecular formula is C32H36FN5O4S. The minimum Gasteiger partial charge on any atom is -0.378 e. The highest BCUT2D eigenvalue weighted by molar-refractivity contribution is 8.00. The van der Waals surface area contributed by atoms with E-state index < -0.39 is 16.7 Å². The number of nitrogens with two attached hydrogens (primary N) is 1. The standard InChI is InChI=1S/C32H36FN5O4S/c1-32(2,34)18-28(39)36-29-30(40)38(20-23-11-12-24(33)17-27(23)43-29)19-21-7-9-22(10-8-21)25-5-3-4-6-26(25)35-31(41)37-13-15-42-16-14-37/h3-12,17,29H,13-16,18-20,34H2,1-2H3,(H,35,41)(H,36,39)/t29-/m1/s1. The topological polar surface area (TPSA) is 117 Å². The van der Waals surface area contributed by atoms with E-state index in [1.165, 1.54) is 12.1 Å². The molecule has 2 aliphatic rings. The molecule has 4 N–H and O–H groups in total. The van der Waals surface area contributed by atoms with Crippen molar-refractivity contribution in [1.29, 1.82) is 0 Å². The number of ether oxygens (including phenoxy) is 1. The minimum atomic E-state index is -0.917. The van der Waals surface area contributed by atoms with Crippen LogP contribution in [0.2, 0.25) is 0 Å². The van der Waals surface area contributed by atoms with Crippen molar-refractivity contribution in [1.82, 2.24) is 15.1 Å². The van der Waals surface area contributed by atoms with Gasteiger partial charge in [0.05, 0.1) is 18.9 Å². The second-order valence-electron chi connectivity index (χ2n) is 11.4. The molecule has 2 heterocycles. The van der Waals surface area contributed by atoms with Crippen molar-refractivity contribution in [3.05, 3.63) is 83.7 Å². The summed E-state index contributed by atoms with van der Waals surface area (Å²) in [6, 6.07) is 19.7. The second kappa shape index (κ2) is 13.2. The first-order valence-electron chi connectivity index (χ1n) is 14.2. The van der Waals surface area contributed by atoms with E-state index in [2.05, 4.69) is 10.6 Å². The van der Waals surface area contributed by atoms with Crippen molar-refractivity contribution in [2.75, 3.05) is 31.6 Å². The summed E-state index contributed by atoms with van der Waals surface area (Å²) in [7, 11) is 0. The Hall–Kier alpha value is -3.93. The molecular weight excluding hydrogens is 569 g/mol. The Bertz CT molecular complexity index is 1490. The number of halogens is 1. The third-order valence-electron chi connectivity index (χ3n) is 7.18. The van der Waals surface area contributed by atoms with Gasteiger partial charge in [-0.15, -0.1) is 0 Å². The maximum Gasteiger partial charge on any atom is 0.322 e. The monoisotopic (exact) mass is 605 g/mol. The molecule has 3 aromatic rings. The number of carbonyl (C=O) groups is 3. The van der Waals surface area contributed by atoms with Crippen molar-refractivity contribution < 1.29 is 23.5 Å². The molecule has 0 unspecified atom stereocenters. The van der Waals surface area contributed by atoms with Gasteiger partial charge in [-0.05, 0) is 48.7 Å². The molecule has 0 bridgehead atoms. The number of anilines is 1. The van der Waals surface area contributed by atoms with Crippen LogP contribution >= 0.6 is 11.8 Å². The highest BCUT2D eigenvalue weighted by Crippen LogP contribution is 2.34. The van der Waals surface area contributed by atoms with E-state index in [4.69, 9.17) is 10.5 Å². The number of benzene rings is 3. The van der Waals surface area contributed by atoms with E-state index in [9.17, 15) is 18.8 Å². The van der Waals surface area contributed by atoms with Gasteiger partial charge in [0.25, 0.3) is 5.91 Å². The Kier molecular flexibility index (Phi) is 9.34. The average molecular weight is 606 g/mol. The average Bonchev–Trinajstić information content (AvgIpc) is 3.09. The molecule has 43 heavy (non-hydrogen) atoms. The first-order chi connectivity index (χ1) is 20.6. The van der Waals surface area contributed by atoms with Crippen LogP contribution in [-0.4, -0.2) is 64.9 Å². The van der Waals surface area contributed by atoms with Crippen molar-refractivity contribution in [3.8, 4) is 11.1 Å². The zero-order valence-electron chi connectivity index (χ0n) is 24.3. The van der Waals surface area contributed by atoms with Crippen molar-refractivity contribution in [2.45, 2.75) is 49.2 Å². The molecule has 2 aliphatic heterocycles. The summed E-state index contributed by atoms with van der Waals surface area (Å²) in [5.74, 6) is -1.02. The van der Waals surface area contributed by atoms with Crippen LogP contribution in [-0.2, 0) is 27.4 Å². The number of urea groups is 1. The van der Waals surface area contributed by atoms with Crippen LogP contribution in [0.15, 0.2) is 71.6 Å². The van der Waals surface area contributed by atoms with E-state index in [1.807, 2.05) is 48.5 Å². The maximum absolute atomic E-state index is 14.1. The number of rotatable bonds is 7. The van der Waals surface area contributed by atoms with Crippen molar-refractivity contribution in [3.63, 3.8) is 0 Å². The Labute approximate surface area is 254 Å². The summed E-state index contributed by atoms with van der Waals surface area (Å²) in [5, 5.41) is 4.91. The number of amides is 4. The van der Waals surface area contributed by atoms with Gasteiger partial charge < -0.3 is 30.9 Å². The van der Waals surface area contributed by atoms with Crippen LogP contribution in [0, 0.1) is 5.82 Å². The molecule has 0 aliphatic carbocycles. The van der Waals surface area contributed by atoms with Gasteiger partial charge in [0, 0.05) is 48.6 Å². The molecule has 226 valence electrons. The normalized spacial score (nSPS) is 17.2. The molecule has 1 atom stereocenters. The predicted molar refractivity (Wildman–Crippen MR) is 165 cm³/mol. The van der Waals surface area contributed by atoms with Gasteiger partial charge in [-0.3, -0.25) is 9.59 Å². The number of thioether (sulfide) groups is 1. The Morgan fingerprint density at radius 1 is 1.07 bits per heavy atom. The van der Waals surface area contributed by atoms with E-state index in [-0.39, 0.29) is 30.8 Å². The Morgan fingerprint density at radius 2 is 1.79 bits per heavy atom. The van der Waals surface area contributed by atoms with Gasteiger partial charge in [-0.2, -0.15) is 0 Å². The molecule has 4 amide bonds. The van der Waals surface area contributed by atoms with E-state index in [1.54, 1.807) is 29.7 Å². The molecule has 3 aromatic carbocycles. The van der Waals surface area contributed by atoms with Crippen LogP contribution < -0.4 is 16.4 Å². The molecule has 0 aromatic heterocycles. The zero-order chi connectivity index (χ0) is 30.6. The fourth-order valence-electron chi connectivity index (χ4n) is 5.05. The van der Waals surface area contributed by atoms with Crippen LogP contribution in [0.1, 0.15) is 31.4 Å². The molecule has 5 rings (SSSR count). The third kappa shape index (κ3) is 7.92. The molecule has 0 saturated carbocycles. The summed E-state index contributed by atoms with van der Waals surface area (Å²) >= 11 is 1.14. The van der Waals surface area contributed by atoms with Crippen molar-refractivity contribution >= 4 is 35.3 Å². The minimum absolute atomic E-state index is 0.0448. The predicted octanol–water partition coefficient (Wildman–Crippen LogP) is 4.56. The first-order valence-corrected chi connectivity index (χ1v) is 15.1. The van der Waals surface area contributed by atoms with Crippen LogP contribution in [0.25, 0.3) is 11.1 Å². The van der Waals surface area contributed by atoms with Gasteiger partial charge in [0.15, 0.2) is 5.37 Å². The highest BCUT2D eigenvalue weighted by Gasteiger charge is 2.32. The number of nitrogens with zero attached hydrogens (tertiary/aromatic N) is 2. The van der Waals surface area contributed by atoms with E-state index in [0.29, 0.717) is 43.4 Å². The fourth-order valence-corrected chi connectivity index (χ4v) is 6.20. The van der Waals surface area contributed by atoms with Gasteiger partial charge in [0.1, 0.15) is 5.82 Å². The summed E-state index contributed by atoms with van der Waals surface area (Å²) in [6.45, 7) is 6.19. The largest absolute Gasteiger partial charge is 0.378 e. The lowest BCUT2D eigenvalue weighted by molar-refractivity contribution is -0.135. The Morgan fingerprint density at radius 3 is 2.51 bits per heavy atom. The van der Waals surface area contributed by atoms with E-state index in [0.717, 1.165) is 34.0 Å². The second-order valence-corrected chi connectivity index (χ2v) is 12.6. The highest BCUT2D eigenvalue weighted by atomic mass is 32.2. The molecule has 1 fully saturated rings. The van der Waals surface area contributed by atoms with Crippen molar-refractivity contribution in [2.24, 2.45) is 5.73 Å². The number of morpholine rings is 1. The van der Waals surface area contributed by atoms with Gasteiger partial charge in [-0.25, -0.2) is 9.18 Å². The number of para-hydroxylation sites is 1. The van der Waals surface area contributed by atoms with Gasteiger partial charge in [-0.1, -0.05) is 60.3 Å². The summed E-state index contributed by atoms with van der Waals surface area (Å²) < 4.78 is 19.5. The number of carbonyl (C=O) groups excluding carboxylic acids is 3. The molecule has 11 heteroatoms. The quantitative estimate of drug-likeness (QED) is 0.364. The smallest absolute Gasteiger partial charge is 0.322 e. The van der Waals surface area contributed by atoms with E-state index >= 15 is 0 Å². The molecule has 0 spiro atoms. The van der Waals surface area contributed by atoms with Gasteiger partial charge >= 0.3 is 6.03 Å². The number of fused-ring (bicyclic) bond motifs is 1. The third-order valence-corrected chi connectivity index (χ3v) is 8.37. The lowest BCUT2D eigenvalue weighted by atomic mass is 10.0. The maximum atomic E-state index is 14.1. The zero-order valence-corrected chi connectivity index (χ0v) is 25.1. The van der Waals surface area contributed by atoms with Crippen LogP contribution in [0.5, 0.6) is 0 Å². The Balaban J connectivity index is 1.33. The molecule has 0 radical (unpaired) electrons. The fraction of sp³-hybridized carbons (Fsp3) is 0.344. The SMILES string of the molecule is CC(C)(N)CC(=O)N[C@@H]1Sc2cc(F)ccc2CN(Cc2ccc(-c3ccccc3NC(=O)N3CCOCC3)cc2)C1=O. The summed E-state index contributed by atoms with van der Waals surface area (Å²) in [4.78, 5) is 43.2. The lowest BCUT2D eigenvalue weighted by Crippen LogP contribution is -2.47. The number of hydrogen-bond donors (Lipinski definition) is 3.